The van der Waals surface area contributed by atoms with Crippen LogP contribution < -0.4 is 5.32 Å². The van der Waals surface area contributed by atoms with E-state index in [0.717, 1.165) is 16.6 Å². The van der Waals surface area contributed by atoms with E-state index >= 15 is 0 Å². The number of carbonyl (C=O) groups is 1. The van der Waals surface area contributed by atoms with E-state index in [0.29, 0.717) is 6.54 Å². The predicted octanol–water partition coefficient (Wildman–Crippen LogP) is 3.32. The van der Waals surface area contributed by atoms with Crippen molar-refractivity contribution in [2.45, 2.75) is 32.2 Å². The first-order valence-electron chi connectivity index (χ1n) is 5.27. The maximum absolute atomic E-state index is 11.7. The highest BCUT2D eigenvalue weighted by Crippen LogP contribution is 2.25. The van der Waals surface area contributed by atoms with Crippen LogP contribution in [-0.4, -0.2) is 5.91 Å². The zero-order chi connectivity index (χ0) is 10.7. The zero-order valence-electron chi connectivity index (χ0n) is 8.46. The highest BCUT2D eigenvalue weighted by atomic mass is 79.9. The second-order valence-electron chi connectivity index (χ2n) is 3.91. The van der Waals surface area contributed by atoms with Crippen molar-refractivity contribution >= 4 is 33.2 Å². The summed E-state index contributed by atoms with van der Waals surface area (Å²) in [6.45, 7) is 0.672. The van der Waals surface area contributed by atoms with E-state index in [2.05, 4.69) is 21.2 Å². The van der Waals surface area contributed by atoms with Gasteiger partial charge in [-0.25, -0.2) is 0 Å². The first-order chi connectivity index (χ1) is 7.25. The van der Waals surface area contributed by atoms with E-state index in [4.69, 9.17) is 0 Å². The van der Waals surface area contributed by atoms with Crippen LogP contribution in [0.5, 0.6) is 0 Å². The molecule has 1 fully saturated rings. The van der Waals surface area contributed by atoms with Gasteiger partial charge < -0.3 is 5.32 Å². The van der Waals surface area contributed by atoms with Crippen molar-refractivity contribution in [1.29, 1.82) is 0 Å². The molecule has 1 amide bonds. The summed E-state index contributed by atoms with van der Waals surface area (Å²) < 4.78 is 1.12. The van der Waals surface area contributed by atoms with Crippen molar-refractivity contribution < 1.29 is 4.79 Å². The molecule has 1 aliphatic carbocycles. The fourth-order valence-electron chi connectivity index (χ4n) is 1.95. The molecular formula is C11H14BrNOS. The summed E-state index contributed by atoms with van der Waals surface area (Å²) in [6.07, 6.45) is 4.56. The molecule has 0 saturated heterocycles. The Hall–Kier alpha value is -0.350. The molecule has 0 atom stereocenters. The largest absolute Gasteiger partial charge is 0.351 e. The zero-order valence-corrected chi connectivity index (χ0v) is 10.9. The molecule has 4 heteroatoms. The van der Waals surface area contributed by atoms with E-state index in [1.54, 1.807) is 11.3 Å². The summed E-state index contributed by atoms with van der Waals surface area (Å²) in [4.78, 5) is 12.9. The van der Waals surface area contributed by atoms with Crippen LogP contribution >= 0.6 is 27.3 Å². The number of carbonyl (C=O) groups excluding carboxylic acids is 1. The SMILES string of the molecule is O=C(NCc1ccc(Br)s1)C1CCCC1. The highest BCUT2D eigenvalue weighted by Gasteiger charge is 2.22. The van der Waals surface area contributed by atoms with Gasteiger partial charge in [0.1, 0.15) is 0 Å². The number of nitrogens with one attached hydrogen (secondary N) is 1. The fourth-order valence-corrected chi connectivity index (χ4v) is 3.38. The Bertz CT molecular complexity index is 344. The molecule has 1 heterocycles. The van der Waals surface area contributed by atoms with Gasteiger partial charge in [0, 0.05) is 10.8 Å². The maximum atomic E-state index is 11.7. The molecule has 0 spiro atoms. The van der Waals surface area contributed by atoms with Crippen molar-refractivity contribution in [3.63, 3.8) is 0 Å². The van der Waals surface area contributed by atoms with E-state index in [1.807, 2.05) is 12.1 Å². The van der Waals surface area contributed by atoms with Crippen LogP contribution in [0.2, 0.25) is 0 Å². The Labute approximate surface area is 102 Å². The van der Waals surface area contributed by atoms with Gasteiger partial charge in [-0.15, -0.1) is 11.3 Å². The molecule has 0 aromatic carbocycles. The number of hydrogen-bond acceptors (Lipinski definition) is 2. The third-order valence-electron chi connectivity index (χ3n) is 2.79. The quantitative estimate of drug-likeness (QED) is 0.908. The standard InChI is InChI=1S/C11H14BrNOS/c12-10-6-5-9(15-10)7-13-11(14)8-3-1-2-4-8/h5-6,8H,1-4,7H2,(H,13,14). The van der Waals surface area contributed by atoms with E-state index in [1.165, 1.54) is 17.7 Å². The molecule has 0 unspecified atom stereocenters. The Morgan fingerprint density at radius 1 is 1.47 bits per heavy atom. The Balaban J connectivity index is 1.80. The van der Waals surface area contributed by atoms with Crippen molar-refractivity contribution in [2.75, 3.05) is 0 Å². The van der Waals surface area contributed by atoms with Crippen LogP contribution in [-0.2, 0) is 11.3 Å². The average molecular weight is 288 g/mol. The molecular weight excluding hydrogens is 274 g/mol. The van der Waals surface area contributed by atoms with E-state index < -0.39 is 0 Å². The van der Waals surface area contributed by atoms with E-state index in [9.17, 15) is 4.79 Å². The van der Waals surface area contributed by atoms with Crippen LogP contribution in [0.25, 0.3) is 0 Å². The minimum absolute atomic E-state index is 0.233. The van der Waals surface area contributed by atoms with Crippen molar-refractivity contribution in [1.82, 2.24) is 5.32 Å². The molecule has 1 N–H and O–H groups in total. The topological polar surface area (TPSA) is 29.1 Å². The average Bonchev–Trinajstić information content (AvgIpc) is 2.84. The minimum Gasteiger partial charge on any atom is -0.351 e. The lowest BCUT2D eigenvalue weighted by atomic mass is 10.1. The molecule has 0 aliphatic heterocycles. The first kappa shape index (κ1) is 11.1. The lowest BCUT2D eigenvalue weighted by molar-refractivity contribution is -0.124. The first-order valence-corrected chi connectivity index (χ1v) is 6.88. The van der Waals surface area contributed by atoms with Crippen LogP contribution in [0.3, 0.4) is 0 Å². The Morgan fingerprint density at radius 3 is 2.80 bits per heavy atom. The van der Waals surface area contributed by atoms with Crippen molar-refractivity contribution in [3.8, 4) is 0 Å². The molecule has 82 valence electrons. The molecule has 2 nitrogen and oxygen atoms in total. The fraction of sp³-hybridized carbons (Fsp3) is 0.545. The molecule has 0 radical (unpaired) electrons. The van der Waals surface area contributed by atoms with Gasteiger partial charge in [0.25, 0.3) is 0 Å². The lowest BCUT2D eigenvalue weighted by Crippen LogP contribution is -2.28. The number of hydrogen-bond donors (Lipinski definition) is 1. The molecule has 1 aromatic heterocycles. The molecule has 1 saturated carbocycles. The van der Waals surface area contributed by atoms with Gasteiger partial charge in [0.15, 0.2) is 0 Å². The number of amides is 1. The number of thiophene rings is 1. The highest BCUT2D eigenvalue weighted by molar-refractivity contribution is 9.11. The summed E-state index contributed by atoms with van der Waals surface area (Å²) in [5.74, 6) is 0.505. The predicted molar refractivity (Wildman–Crippen MR) is 65.8 cm³/mol. The summed E-state index contributed by atoms with van der Waals surface area (Å²) in [5, 5.41) is 3.00. The van der Waals surface area contributed by atoms with Gasteiger partial charge in [-0.3, -0.25) is 4.79 Å². The smallest absolute Gasteiger partial charge is 0.223 e. The maximum Gasteiger partial charge on any atom is 0.223 e. The van der Waals surface area contributed by atoms with E-state index in [-0.39, 0.29) is 11.8 Å². The minimum atomic E-state index is 0.233. The van der Waals surface area contributed by atoms with Gasteiger partial charge in [-0.1, -0.05) is 12.8 Å². The number of rotatable bonds is 3. The van der Waals surface area contributed by atoms with Crippen LogP contribution in [0, 0.1) is 5.92 Å². The molecule has 1 aromatic rings. The normalized spacial score (nSPS) is 16.9. The molecule has 15 heavy (non-hydrogen) atoms. The van der Waals surface area contributed by atoms with Crippen LogP contribution in [0.1, 0.15) is 30.6 Å². The summed E-state index contributed by atoms with van der Waals surface area (Å²) in [7, 11) is 0. The molecule has 2 rings (SSSR count). The summed E-state index contributed by atoms with van der Waals surface area (Å²) >= 11 is 5.09. The second kappa shape index (κ2) is 5.12. The van der Waals surface area contributed by atoms with Gasteiger partial charge in [0.05, 0.1) is 10.3 Å². The molecule has 1 aliphatic rings. The summed E-state index contributed by atoms with van der Waals surface area (Å²) in [6, 6.07) is 4.06. The third kappa shape index (κ3) is 3.05. The third-order valence-corrected chi connectivity index (χ3v) is 4.42. The van der Waals surface area contributed by atoms with Gasteiger partial charge in [-0.2, -0.15) is 0 Å². The second-order valence-corrected chi connectivity index (χ2v) is 6.45. The van der Waals surface area contributed by atoms with Crippen molar-refractivity contribution in [3.05, 3.63) is 20.8 Å². The van der Waals surface area contributed by atoms with Crippen molar-refractivity contribution in [2.24, 2.45) is 5.92 Å². The van der Waals surface area contributed by atoms with Gasteiger partial charge in [-0.05, 0) is 40.9 Å². The van der Waals surface area contributed by atoms with Gasteiger partial charge >= 0.3 is 0 Å². The monoisotopic (exact) mass is 287 g/mol. The van der Waals surface area contributed by atoms with Crippen LogP contribution in [0.15, 0.2) is 15.9 Å². The van der Waals surface area contributed by atoms with Gasteiger partial charge in [0.2, 0.25) is 5.91 Å². The lowest BCUT2D eigenvalue weighted by Gasteiger charge is -2.08. The molecule has 0 bridgehead atoms. The Morgan fingerprint density at radius 2 is 2.20 bits per heavy atom. The van der Waals surface area contributed by atoms with Crippen LogP contribution in [0.4, 0.5) is 0 Å². The Kier molecular flexibility index (Phi) is 3.81. The number of halogens is 1. The summed E-state index contributed by atoms with van der Waals surface area (Å²) in [5.41, 5.74) is 0.